The molecule has 0 N–H and O–H groups in total. The van der Waals surface area contributed by atoms with Crippen LogP contribution in [-0.2, 0) is 0 Å². The van der Waals surface area contributed by atoms with Gasteiger partial charge in [0, 0.05) is 12.4 Å². The van der Waals surface area contributed by atoms with E-state index in [4.69, 9.17) is 16.3 Å². The summed E-state index contributed by atoms with van der Waals surface area (Å²) >= 11 is 5.74. The second-order valence-corrected chi connectivity index (χ2v) is 3.05. The van der Waals surface area contributed by atoms with E-state index in [1.165, 1.54) is 7.11 Å². The zero-order valence-corrected chi connectivity index (χ0v) is 8.64. The maximum atomic E-state index is 5.74. The number of methoxy groups -OCH3 is 1. The van der Waals surface area contributed by atoms with Crippen LogP contribution in [-0.4, -0.2) is 27.3 Å². The van der Waals surface area contributed by atoms with Gasteiger partial charge in [0.1, 0.15) is 0 Å². The predicted octanol–water partition coefficient (Wildman–Crippen LogP) is 1.60. The van der Waals surface area contributed by atoms with Gasteiger partial charge in [-0.05, 0) is 12.1 Å². The largest absolute Gasteiger partial charge is 0.479 e. The number of hydrogen-bond acceptors (Lipinski definition) is 5. The summed E-state index contributed by atoms with van der Waals surface area (Å²) in [5.74, 6) is 0.858. The lowest BCUT2D eigenvalue weighted by molar-refractivity contribution is 0.393. The standard InChI is InChI=1S/C9H7ClN4O/c1-15-9-6(5-7(10)13-14-9)8-11-3-2-4-12-8/h2-5H,1H3. The molecule has 0 aromatic carbocycles. The summed E-state index contributed by atoms with van der Waals surface area (Å²) in [7, 11) is 1.50. The van der Waals surface area contributed by atoms with Gasteiger partial charge in [-0.25, -0.2) is 9.97 Å². The number of nitrogens with zero attached hydrogens (tertiary/aromatic N) is 4. The molecule has 0 amide bonds. The first-order valence-electron chi connectivity index (χ1n) is 4.16. The van der Waals surface area contributed by atoms with E-state index < -0.39 is 0 Å². The van der Waals surface area contributed by atoms with Crippen molar-refractivity contribution in [1.29, 1.82) is 0 Å². The van der Waals surface area contributed by atoms with Crippen LogP contribution in [0.1, 0.15) is 0 Å². The van der Waals surface area contributed by atoms with E-state index in [-0.39, 0.29) is 5.15 Å². The molecule has 2 aromatic rings. The van der Waals surface area contributed by atoms with Crippen LogP contribution in [0, 0.1) is 0 Å². The highest BCUT2D eigenvalue weighted by Crippen LogP contribution is 2.25. The fourth-order valence-electron chi connectivity index (χ4n) is 1.11. The van der Waals surface area contributed by atoms with Gasteiger partial charge in [0.15, 0.2) is 11.0 Å². The minimum atomic E-state index is 0.276. The second kappa shape index (κ2) is 4.18. The Morgan fingerprint density at radius 2 is 1.93 bits per heavy atom. The summed E-state index contributed by atoms with van der Waals surface area (Å²) in [6.45, 7) is 0. The fraction of sp³-hybridized carbons (Fsp3) is 0.111. The zero-order chi connectivity index (χ0) is 10.7. The third kappa shape index (κ3) is 2.02. The Kier molecular flexibility index (Phi) is 2.73. The highest BCUT2D eigenvalue weighted by molar-refractivity contribution is 6.29. The molecule has 0 aliphatic heterocycles. The molecule has 2 heterocycles. The second-order valence-electron chi connectivity index (χ2n) is 2.66. The van der Waals surface area contributed by atoms with Crippen molar-refractivity contribution in [3.8, 4) is 17.3 Å². The Morgan fingerprint density at radius 1 is 1.20 bits per heavy atom. The van der Waals surface area contributed by atoms with Crippen molar-refractivity contribution in [2.24, 2.45) is 0 Å². The van der Waals surface area contributed by atoms with Crippen molar-refractivity contribution < 1.29 is 4.74 Å². The molecular weight excluding hydrogens is 216 g/mol. The summed E-state index contributed by atoms with van der Waals surface area (Å²) in [5.41, 5.74) is 0.623. The molecule has 6 heteroatoms. The van der Waals surface area contributed by atoms with Crippen LogP contribution < -0.4 is 4.74 Å². The average Bonchev–Trinajstić information content (AvgIpc) is 2.30. The SMILES string of the molecule is COc1nnc(Cl)cc1-c1ncccn1. The summed E-state index contributed by atoms with van der Waals surface area (Å²) in [4.78, 5) is 8.16. The molecule has 0 aliphatic rings. The highest BCUT2D eigenvalue weighted by Gasteiger charge is 2.10. The van der Waals surface area contributed by atoms with E-state index in [1.54, 1.807) is 24.5 Å². The van der Waals surface area contributed by atoms with Crippen molar-refractivity contribution in [2.75, 3.05) is 7.11 Å². The quantitative estimate of drug-likeness (QED) is 0.772. The van der Waals surface area contributed by atoms with Crippen molar-refractivity contribution in [1.82, 2.24) is 20.2 Å². The average molecular weight is 223 g/mol. The van der Waals surface area contributed by atoms with Crippen molar-refractivity contribution in [3.05, 3.63) is 29.7 Å². The monoisotopic (exact) mass is 222 g/mol. The van der Waals surface area contributed by atoms with Gasteiger partial charge >= 0.3 is 0 Å². The first-order chi connectivity index (χ1) is 7.31. The van der Waals surface area contributed by atoms with E-state index in [1.807, 2.05) is 0 Å². The first-order valence-corrected chi connectivity index (χ1v) is 4.53. The summed E-state index contributed by atoms with van der Waals surface area (Å²) < 4.78 is 5.04. The Morgan fingerprint density at radius 3 is 2.60 bits per heavy atom. The van der Waals surface area contributed by atoms with Crippen LogP contribution >= 0.6 is 11.6 Å². The molecule has 2 rings (SSSR count). The number of halogens is 1. The van der Waals surface area contributed by atoms with Crippen molar-refractivity contribution in [3.63, 3.8) is 0 Å². The fourth-order valence-corrected chi connectivity index (χ4v) is 1.25. The molecule has 0 radical (unpaired) electrons. The molecule has 0 spiro atoms. The molecule has 0 aliphatic carbocycles. The lowest BCUT2D eigenvalue weighted by Crippen LogP contribution is -1.96. The van der Waals surface area contributed by atoms with Gasteiger partial charge < -0.3 is 4.74 Å². The molecule has 15 heavy (non-hydrogen) atoms. The minimum absolute atomic E-state index is 0.276. The summed E-state index contributed by atoms with van der Waals surface area (Å²) in [5, 5.41) is 7.74. The van der Waals surface area contributed by atoms with Crippen molar-refractivity contribution >= 4 is 11.6 Å². The van der Waals surface area contributed by atoms with Gasteiger partial charge in [0.25, 0.3) is 0 Å². The normalized spacial score (nSPS) is 10.0. The Labute approximate surface area is 91.1 Å². The molecule has 0 fully saturated rings. The van der Waals surface area contributed by atoms with E-state index in [9.17, 15) is 0 Å². The summed E-state index contributed by atoms with van der Waals surface area (Å²) in [6, 6.07) is 3.34. The van der Waals surface area contributed by atoms with Gasteiger partial charge in [-0.3, -0.25) is 0 Å². The van der Waals surface area contributed by atoms with E-state index >= 15 is 0 Å². The topological polar surface area (TPSA) is 60.8 Å². The van der Waals surface area contributed by atoms with E-state index in [0.29, 0.717) is 17.3 Å². The first kappa shape index (κ1) is 9.79. The zero-order valence-electron chi connectivity index (χ0n) is 7.88. The minimum Gasteiger partial charge on any atom is -0.479 e. The molecule has 0 atom stereocenters. The van der Waals surface area contributed by atoms with Crippen LogP contribution in [0.2, 0.25) is 5.15 Å². The van der Waals surface area contributed by atoms with Gasteiger partial charge in [-0.1, -0.05) is 11.6 Å². The Hall–Kier alpha value is -1.75. The van der Waals surface area contributed by atoms with Crippen LogP contribution in [0.4, 0.5) is 0 Å². The van der Waals surface area contributed by atoms with Gasteiger partial charge in [-0.2, -0.15) is 0 Å². The highest BCUT2D eigenvalue weighted by atomic mass is 35.5. The number of hydrogen-bond donors (Lipinski definition) is 0. The molecular formula is C9H7ClN4O. The Balaban J connectivity index is 2.56. The van der Waals surface area contributed by atoms with E-state index in [0.717, 1.165) is 0 Å². The van der Waals surface area contributed by atoms with Crippen LogP contribution in [0.5, 0.6) is 5.88 Å². The third-order valence-corrected chi connectivity index (χ3v) is 1.91. The van der Waals surface area contributed by atoms with Gasteiger partial charge in [0.05, 0.1) is 12.7 Å². The molecule has 0 unspecified atom stereocenters. The number of rotatable bonds is 2. The molecule has 0 saturated heterocycles. The van der Waals surface area contributed by atoms with Crippen molar-refractivity contribution in [2.45, 2.75) is 0 Å². The van der Waals surface area contributed by atoms with Crippen LogP contribution in [0.3, 0.4) is 0 Å². The smallest absolute Gasteiger partial charge is 0.244 e. The Bertz CT molecular complexity index is 463. The molecule has 5 nitrogen and oxygen atoms in total. The summed E-state index contributed by atoms with van der Waals surface area (Å²) in [6.07, 6.45) is 3.27. The number of aromatic nitrogens is 4. The number of ether oxygens (including phenoxy) is 1. The molecule has 76 valence electrons. The molecule has 2 aromatic heterocycles. The van der Waals surface area contributed by atoms with Gasteiger partial charge in [0.2, 0.25) is 5.88 Å². The third-order valence-electron chi connectivity index (χ3n) is 1.73. The lowest BCUT2D eigenvalue weighted by atomic mass is 10.3. The van der Waals surface area contributed by atoms with Crippen LogP contribution in [0.15, 0.2) is 24.5 Å². The van der Waals surface area contributed by atoms with Gasteiger partial charge in [-0.15, -0.1) is 10.2 Å². The van der Waals surface area contributed by atoms with Crippen LogP contribution in [0.25, 0.3) is 11.4 Å². The molecule has 0 bridgehead atoms. The maximum absolute atomic E-state index is 5.74. The molecule has 0 saturated carbocycles. The maximum Gasteiger partial charge on any atom is 0.244 e. The van der Waals surface area contributed by atoms with E-state index in [2.05, 4.69) is 20.2 Å². The predicted molar refractivity (Wildman–Crippen MR) is 54.6 cm³/mol. The lowest BCUT2D eigenvalue weighted by Gasteiger charge is -2.04.